The highest BCUT2D eigenvalue weighted by atomic mass is 16.3. The summed E-state index contributed by atoms with van der Waals surface area (Å²) in [6.07, 6.45) is 0.602. The van der Waals surface area contributed by atoms with E-state index < -0.39 is 64.1 Å². The molecule has 0 bridgehead atoms. The second-order valence-electron chi connectivity index (χ2n) is 13.5. The first kappa shape index (κ1) is 34.6. The highest BCUT2D eigenvalue weighted by Gasteiger charge is 2.64. The van der Waals surface area contributed by atoms with Crippen LogP contribution in [0.2, 0.25) is 0 Å². The van der Waals surface area contributed by atoms with Gasteiger partial charge in [0.05, 0.1) is 17.6 Å². The number of likely N-dealkylation sites (N-methyl/N-ethyl adjacent to an activating group) is 2. The van der Waals surface area contributed by atoms with E-state index in [1.54, 1.807) is 58.2 Å². The van der Waals surface area contributed by atoms with E-state index in [-0.39, 0.29) is 47.7 Å². The van der Waals surface area contributed by atoms with Gasteiger partial charge in [0.2, 0.25) is 11.7 Å². The van der Waals surface area contributed by atoms with E-state index in [2.05, 4.69) is 5.32 Å². The van der Waals surface area contributed by atoms with Crippen LogP contribution in [0.5, 0.6) is 5.75 Å². The number of aromatic hydroxyl groups is 1. The van der Waals surface area contributed by atoms with Crippen molar-refractivity contribution >= 4 is 34.8 Å². The number of nitrogens with zero attached hydrogens (tertiary/aromatic N) is 3. The van der Waals surface area contributed by atoms with Gasteiger partial charge in [0.25, 0.3) is 5.91 Å². The third kappa shape index (κ3) is 5.51. The molecule has 0 radical (unpaired) electrons. The molecule has 0 spiro atoms. The second-order valence-corrected chi connectivity index (χ2v) is 13.5. The molecule has 0 aliphatic heterocycles. The number of aliphatic hydroxyl groups is 3. The summed E-state index contributed by atoms with van der Waals surface area (Å²) in [6.45, 7) is -0.0952. The average Bonchev–Trinajstić information content (AvgIpc) is 3.01. The lowest BCUT2D eigenvalue weighted by atomic mass is 9.57. The van der Waals surface area contributed by atoms with Gasteiger partial charge in [0, 0.05) is 43.4 Å². The van der Waals surface area contributed by atoms with Crippen LogP contribution in [0.25, 0.3) is 5.76 Å². The van der Waals surface area contributed by atoms with E-state index in [1.165, 1.54) is 4.90 Å². The lowest BCUT2D eigenvalue weighted by molar-refractivity contribution is -0.153. The van der Waals surface area contributed by atoms with Crippen LogP contribution >= 0.6 is 0 Å². The fourth-order valence-electron chi connectivity index (χ4n) is 7.53. The molecular weight excluding hydrogens is 618 g/mol. The lowest BCUT2D eigenvalue weighted by Crippen LogP contribution is -2.65. The maximum absolute atomic E-state index is 14.2. The lowest BCUT2D eigenvalue weighted by Gasteiger charge is -2.50. The van der Waals surface area contributed by atoms with Gasteiger partial charge in [-0.15, -0.1) is 0 Å². The zero-order valence-corrected chi connectivity index (χ0v) is 27.9. The van der Waals surface area contributed by atoms with Crippen LogP contribution in [0.3, 0.4) is 0 Å². The zero-order chi connectivity index (χ0) is 35.4. The summed E-state index contributed by atoms with van der Waals surface area (Å²) in [5, 5.41) is 49.2. The normalized spacial score (nSPS) is 24.3. The molecule has 0 saturated heterocycles. The van der Waals surface area contributed by atoms with Gasteiger partial charge in [-0.1, -0.05) is 30.3 Å². The third-order valence-electron chi connectivity index (χ3n) is 9.91. The highest BCUT2D eigenvalue weighted by molar-refractivity contribution is 6.24. The summed E-state index contributed by atoms with van der Waals surface area (Å²) >= 11 is 0. The Morgan fingerprint density at radius 3 is 2.25 bits per heavy atom. The summed E-state index contributed by atoms with van der Waals surface area (Å²) in [5.41, 5.74) is 3.98. The molecular formula is C35H43N5O8. The molecule has 13 heteroatoms. The quantitative estimate of drug-likeness (QED) is 0.208. The number of hydrogen-bond acceptors (Lipinski definition) is 11. The number of carbonyl (C=O) groups excluding carboxylic acids is 4. The van der Waals surface area contributed by atoms with Crippen molar-refractivity contribution in [2.45, 2.75) is 43.5 Å². The number of benzene rings is 2. The van der Waals surface area contributed by atoms with Crippen LogP contribution in [0.4, 0.5) is 5.69 Å². The van der Waals surface area contributed by atoms with Crippen molar-refractivity contribution in [1.29, 1.82) is 0 Å². The first-order valence-corrected chi connectivity index (χ1v) is 15.7. The van der Waals surface area contributed by atoms with Crippen molar-refractivity contribution in [3.05, 3.63) is 75.6 Å². The number of ketones is 2. The Hall–Kier alpha value is -4.72. The number of nitrogens with one attached hydrogen (secondary N) is 1. The van der Waals surface area contributed by atoms with Crippen molar-refractivity contribution < 1.29 is 39.6 Å². The molecule has 0 aromatic heterocycles. The number of carbonyl (C=O) groups is 4. The number of phenols is 1. The monoisotopic (exact) mass is 661 g/mol. The van der Waals surface area contributed by atoms with Gasteiger partial charge in [-0.25, -0.2) is 0 Å². The molecule has 256 valence electrons. The summed E-state index contributed by atoms with van der Waals surface area (Å²) < 4.78 is 0. The molecule has 0 heterocycles. The number of nitrogens with two attached hydrogens (primary N) is 1. The van der Waals surface area contributed by atoms with Crippen LogP contribution in [0.1, 0.15) is 28.7 Å². The molecule has 2 aromatic carbocycles. The molecule has 3 aliphatic carbocycles. The molecule has 13 nitrogen and oxygen atoms in total. The first-order valence-electron chi connectivity index (χ1n) is 15.7. The molecule has 5 atom stereocenters. The summed E-state index contributed by atoms with van der Waals surface area (Å²) in [6, 6.07) is 9.62. The van der Waals surface area contributed by atoms with Gasteiger partial charge in [0.1, 0.15) is 22.8 Å². The number of aliphatic hydroxyl groups excluding tert-OH is 2. The molecule has 2 amide bonds. The van der Waals surface area contributed by atoms with Crippen LogP contribution in [0, 0.1) is 11.8 Å². The molecule has 1 saturated carbocycles. The van der Waals surface area contributed by atoms with E-state index >= 15 is 0 Å². The minimum atomic E-state index is -2.73. The maximum atomic E-state index is 14.2. The van der Waals surface area contributed by atoms with Crippen molar-refractivity contribution in [3.63, 3.8) is 0 Å². The SMILES string of the molecule is CN(C)c1cc(CNC(=O)C(Cc2ccccc2)N(C)C)c(O)c2c1C[C@H]1C[C@H]3[C@H](N(C)C)C(=O)C(C(N)=O)=C(O)[C@@]3(O)C(=O)C1=C2O. The van der Waals surface area contributed by atoms with Crippen molar-refractivity contribution in [1.82, 2.24) is 15.1 Å². The Morgan fingerprint density at radius 1 is 1.04 bits per heavy atom. The molecule has 1 unspecified atom stereocenters. The van der Waals surface area contributed by atoms with Crippen LogP contribution < -0.4 is 16.0 Å². The summed E-state index contributed by atoms with van der Waals surface area (Å²) in [5.74, 6) is -7.40. The van der Waals surface area contributed by atoms with Crippen LogP contribution in [-0.4, -0.2) is 114 Å². The Balaban J connectivity index is 1.56. The molecule has 7 N–H and O–H groups in total. The number of Topliss-reactive ketones (excluding diaryl/α,β-unsaturated/α-hetero) is 2. The minimum absolute atomic E-state index is 0.00939. The van der Waals surface area contributed by atoms with Gasteiger partial charge in [-0.3, -0.25) is 29.0 Å². The number of fused-ring (bicyclic) bond motifs is 3. The Labute approximate surface area is 278 Å². The number of phenolic OH excluding ortho intramolecular Hbond substituents is 1. The number of anilines is 1. The molecule has 1 fully saturated rings. The number of hydrogen-bond donors (Lipinski definition) is 6. The molecule has 5 rings (SSSR count). The number of amides is 2. The van der Waals surface area contributed by atoms with Crippen molar-refractivity contribution in [2.24, 2.45) is 17.6 Å². The molecule has 2 aromatic rings. The summed E-state index contributed by atoms with van der Waals surface area (Å²) in [7, 11) is 10.3. The smallest absolute Gasteiger partial charge is 0.255 e. The summed E-state index contributed by atoms with van der Waals surface area (Å²) in [4.78, 5) is 58.2. The van der Waals surface area contributed by atoms with E-state index in [1.807, 2.05) is 30.3 Å². The average molecular weight is 662 g/mol. The zero-order valence-electron chi connectivity index (χ0n) is 27.9. The van der Waals surface area contributed by atoms with E-state index in [4.69, 9.17) is 5.73 Å². The fourth-order valence-corrected chi connectivity index (χ4v) is 7.53. The van der Waals surface area contributed by atoms with Crippen LogP contribution in [0.15, 0.2) is 53.3 Å². The number of rotatable bonds is 9. The topological polar surface area (TPSA) is 197 Å². The second kappa shape index (κ2) is 12.7. The Morgan fingerprint density at radius 2 is 1.69 bits per heavy atom. The standard InChI is InChI=1S/C35H43N5O8/c1-38(2)22-15-19(16-37-34(47)23(39(3)4)12-17-10-8-7-9-11-17)28(41)25-20(22)13-18-14-21-27(40(5)6)30(43)26(33(36)46)32(45)35(21,48)31(44)24(18)29(25)42/h7-11,15,18,21,23,27,41-42,45,48H,12-14,16H2,1-6H3,(H2,36,46)(H,37,47)/t18-,21-,23?,27-,35-/m0/s1. The van der Waals surface area contributed by atoms with Crippen LogP contribution in [-0.2, 0) is 38.6 Å². The predicted molar refractivity (Wildman–Crippen MR) is 178 cm³/mol. The van der Waals surface area contributed by atoms with Gasteiger partial charge in [-0.05, 0) is 70.6 Å². The van der Waals surface area contributed by atoms with Gasteiger partial charge >= 0.3 is 0 Å². The maximum Gasteiger partial charge on any atom is 0.255 e. The van der Waals surface area contributed by atoms with E-state index in [9.17, 15) is 39.6 Å². The van der Waals surface area contributed by atoms with Crippen molar-refractivity contribution in [2.75, 3.05) is 47.2 Å². The fraction of sp³-hybridized carbons (Fsp3) is 0.429. The minimum Gasteiger partial charge on any atom is -0.508 e. The van der Waals surface area contributed by atoms with Gasteiger partial charge in [0.15, 0.2) is 11.4 Å². The number of primary amides is 1. The highest BCUT2D eigenvalue weighted by Crippen LogP contribution is 2.54. The van der Waals surface area contributed by atoms with E-state index in [0.717, 1.165) is 5.56 Å². The van der Waals surface area contributed by atoms with E-state index in [0.29, 0.717) is 17.7 Å². The third-order valence-corrected chi connectivity index (χ3v) is 9.91. The largest absolute Gasteiger partial charge is 0.508 e. The first-order chi connectivity index (χ1) is 22.5. The van der Waals surface area contributed by atoms with Gasteiger partial charge < -0.3 is 36.4 Å². The van der Waals surface area contributed by atoms with Crippen molar-refractivity contribution in [3.8, 4) is 5.75 Å². The molecule has 3 aliphatic rings. The van der Waals surface area contributed by atoms with Gasteiger partial charge in [-0.2, -0.15) is 0 Å². The predicted octanol–water partition coefficient (Wildman–Crippen LogP) is 0.819. The Bertz CT molecular complexity index is 1750. The molecule has 48 heavy (non-hydrogen) atoms. The Kier molecular flexibility index (Phi) is 9.17.